The minimum Gasteiger partial charge on any atom is -0.467 e. The number of rotatable bonds is 6. The molecule has 0 saturated carbocycles. The highest BCUT2D eigenvalue weighted by molar-refractivity contribution is 7.18. The fourth-order valence-electron chi connectivity index (χ4n) is 3.63. The fourth-order valence-corrected chi connectivity index (χ4v) is 4.85. The Morgan fingerprint density at radius 2 is 2.00 bits per heavy atom. The standard InChI is InChI=1S/C22H25N3O2S/c1-3-14(2)15-8-10-16(11-9-15)25-19(26)12-27-21-20-17-6-4-5-7-18(17)28-22(20)24-13-23-21/h8-11,13-14H,3-7,12H2,1-2H3,(H,25,26). The predicted molar refractivity (Wildman–Crippen MR) is 113 cm³/mol. The van der Waals surface area contributed by atoms with Crippen LogP contribution in [0.15, 0.2) is 30.6 Å². The lowest BCUT2D eigenvalue weighted by molar-refractivity contribution is -0.118. The van der Waals surface area contributed by atoms with Crippen LogP contribution in [0.1, 0.15) is 55.0 Å². The maximum Gasteiger partial charge on any atom is 0.262 e. The Balaban J connectivity index is 1.43. The number of benzene rings is 1. The molecule has 1 aliphatic carbocycles. The number of carbonyl (C=O) groups is 1. The van der Waals surface area contributed by atoms with Crippen molar-refractivity contribution in [2.24, 2.45) is 0 Å². The Labute approximate surface area is 169 Å². The van der Waals surface area contributed by atoms with Crippen molar-refractivity contribution in [3.63, 3.8) is 0 Å². The van der Waals surface area contributed by atoms with Crippen LogP contribution in [0.5, 0.6) is 5.88 Å². The van der Waals surface area contributed by atoms with Gasteiger partial charge in [-0.3, -0.25) is 4.79 Å². The average molecular weight is 396 g/mol. The number of fused-ring (bicyclic) bond motifs is 3. The SMILES string of the molecule is CCC(C)c1ccc(NC(=O)COc2ncnc3sc4c(c23)CCCC4)cc1. The quantitative estimate of drug-likeness (QED) is 0.630. The molecule has 0 bridgehead atoms. The Bertz CT molecular complexity index is 981. The van der Waals surface area contributed by atoms with Crippen molar-refractivity contribution in [2.45, 2.75) is 51.9 Å². The van der Waals surface area contributed by atoms with Gasteiger partial charge in [0.05, 0.1) is 5.39 Å². The Hall–Kier alpha value is -2.47. The fraction of sp³-hybridized carbons (Fsp3) is 0.409. The minimum absolute atomic E-state index is 0.0656. The van der Waals surface area contributed by atoms with Crippen molar-refractivity contribution < 1.29 is 9.53 Å². The van der Waals surface area contributed by atoms with E-state index < -0.39 is 0 Å². The van der Waals surface area contributed by atoms with Crippen molar-refractivity contribution in [3.8, 4) is 5.88 Å². The van der Waals surface area contributed by atoms with Gasteiger partial charge in [-0.2, -0.15) is 0 Å². The first kappa shape index (κ1) is 18.9. The van der Waals surface area contributed by atoms with Gasteiger partial charge in [0.2, 0.25) is 5.88 Å². The Kier molecular flexibility index (Phi) is 5.57. The Morgan fingerprint density at radius 3 is 2.79 bits per heavy atom. The maximum absolute atomic E-state index is 12.3. The van der Waals surface area contributed by atoms with E-state index in [4.69, 9.17) is 4.74 Å². The molecule has 1 N–H and O–H groups in total. The molecule has 5 nitrogen and oxygen atoms in total. The van der Waals surface area contributed by atoms with Crippen LogP contribution in [0.3, 0.4) is 0 Å². The molecular formula is C22H25N3O2S. The topological polar surface area (TPSA) is 64.1 Å². The molecule has 6 heteroatoms. The highest BCUT2D eigenvalue weighted by Gasteiger charge is 2.21. The van der Waals surface area contributed by atoms with E-state index >= 15 is 0 Å². The zero-order valence-corrected chi connectivity index (χ0v) is 17.1. The molecule has 2 heterocycles. The van der Waals surface area contributed by atoms with E-state index in [0.717, 1.165) is 35.2 Å². The number of aromatic nitrogens is 2. The molecule has 1 aromatic carbocycles. The number of nitrogens with zero attached hydrogens (tertiary/aromatic N) is 2. The van der Waals surface area contributed by atoms with E-state index in [1.165, 1.54) is 35.2 Å². The first-order valence-corrected chi connectivity index (χ1v) is 10.7. The first-order valence-electron chi connectivity index (χ1n) is 9.93. The third-order valence-corrected chi connectivity index (χ3v) is 6.63. The van der Waals surface area contributed by atoms with Crippen LogP contribution in [-0.2, 0) is 17.6 Å². The summed E-state index contributed by atoms with van der Waals surface area (Å²) in [4.78, 5) is 23.4. The number of nitrogens with one attached hydrogen (secondary N) is 1. The summed E-state index contributed by atoms with van der Waals surface area (Å²) < 4.78 is 5.80. The molecule has 3 aromatic rings. The summed E-state index contributed by atoms with van der Waals surface area (Å²) in [5.41, 5.74) is 3.37. The minimum atomic E-state index is -0.188. The van der Waals surface area contributed by atoms with E-state index in [-0.39, 0.29) is 12.5 Å². The smallest absolute Gasteiger partial charge is 0.262 e. The van der Waals surface area contributed by atoms with Crippen molar-refractivity contribution in [1.82, 2.24) is 9.97 Å². The zero-order chi connectivity index (χ0) is 19.5. The lowest BCUT2D eigenvalue weighted by Gasteiger charge is -2.12. The van der Waals surface area contributed by atoms with Crippen LogP contribution in [-0.4, -0.2) is 22.5 Å². The summed E-state index contributed by atoms with van der Waals surface area (Å²) in [6.07, 6.45) is 7.16. The highest BCUT2D eigenvalue weighted by atomic mass is 32.1. The Morgan fingerprint density at radius 1 is 1.21 bits per heavy atom. The molecule has 2 aromatic heterocycles. The summed E-state index contributed by atoms with van der Waals surface area (Å²) in [6.45, 7) is 4.31. The number of hydrogen-bond acceptors (Lipinski definition) is 5. The number of ether oxygens (including phenoxy) is 1. The molecule has 1 amide bonds. The van der Waals surface area contributed by atoms with Crippen LogP contribution in [0.2, 0.25) is 0 Å². The summed E-state index contributed by atoms with van der Waals surface area (Å²) in [7, 11) is 0. The number of anilines is 1. The molecule has 0 aliphatic heterocycles. The maximum atomic E-state index is 12.3. The molecular weight excluding hydrogens is 370 g/mol. The van der Waals surface area contributed by atoms with Gasteiger partial charge < -0.3 is 10.1 Å². The van der Waals surface area contributed by atoms with E-state index in [1.807, 2.05) is 12.1 Å². The number of hydrogen-bond donors (Lipinski definition) is 1. The van der Waals surface area contributed by atoms with Crippen molar-refractivity contribution >= 4 is 33.1 Å². The molecule has 146 valence electrons. The first-order chi connectivity index (χ1) is 13.7. The zero-order valence-electron chi connectivity index (χ0n) is 16.3. The van der Waals surface area contributed by atoms with E-state index in [1.54, 1.807) is 11.3 Å². The highest BCUT2D eigenvalue weighted by Crippen LogP contribution is 2.38. The molecule has 1 unspecified atom stereocenters. The van der Waals surface area contributed by atoms with Crippen molar-refractivity contribution in [3.05, 3.63) is 46.6 Å². The van der Waals surface area contributed by atoms with E-state index in [9.17, 15) is 4.79 Å². The lowest BCUT2D eigenvalue weighted by Crippen LogP contribution is -2.20. The molecule has 4 rings (SSSR count). The van der Waals surface area contributed by atoms with Crippen LogP contribution in [0.4, 0.5) is 5.69 Å². The van der Waals surface area contributed by atoms with Crippen LogP contribution in [0, 0.1) is 0 Å². The van der Waals surface area contributed by atoms with Crippen LogP contribution in [0.25, 0.3) is 10.2 Å². The monoisotopic (exact) mass is 395 g/mol. The summed E-state index contributed by atoms with van der Waals surface area (Å²) in [5.74, 6) is 0.851. The van der Waals surface area contributed by atoms with Crippen molar-refractivity contribution in [1.29, 1.82) is 0 Å². The third kappa shape index (κ3) is 3.87. The van der Waals surface area contributed by atoms with Crippen LogP contribution >= 0.6 is 11.3 Å². The van der Waals surface area contributed by atoms with Gasteiger partial charge in [-0.1, -0.05) is 26.0 Å². The van der Waals surface area contributed by atoms with Crippen LogP contribution < -0.4 is 10.1 Å². The van der Waals surface area contributed by atoms with Gasteiger partial charge in [-0.15, -0.1) is 11.3 Å². The van der Waals surface area contributed by atoms with E-state index in [2.05, 4.69) is 41.3 Å². The molecule has 1 atom stereocenters. The number of carbonyl (C=O) groups excluding carboxylic acids is 1. The van der Waals surface area contributed by atoms with Gasteiger partial charge in [0.25, 0.3) is 5.91 Å². The third-order valence-electron chi connectivity index (χ3n) is 5.43. The van der Waals surface area contributed by atoms with Gasteiger partial charge >= 0.3 is 0 Å². The average Bonchev–Trinajstić information content (AvgIpc) is 3.11. The van der Waals surface area contributed by atoms with E-state index in [0.29, 0.717) is 11.8 Å². The normalized spacial score (nSPS) is 14.5. The number of amides is 1. The second-order valence-electron chi connectivity index (χ2n) is 7.34. The molecule has 0 saturated heterocycles. The second-order valence-corrected chi connectivity index (χ2v) is 8.42. The summed E-state index contributed by atoms with van der Waals surface area (Å²) >= 11 is 1.72. The lowest BCUT2D eigenvalue weighted by atomic mass is 9.97. The van der Waals surface area contributed by atoms with Gasteiger partial charge in [-0.25, -0.2) is 9.97 Å². The molecule has 1 aliphatic rings. The molecule has 28 heavy (non-hydrogen) atoms. The van der Waals surface area contributed by atoms with Gasteiger partial charge in [-0.05, 0) is 61.3 Å². The van der Waals surface area contributed by atoms with Gasteiger partial charge in [0.1, 0.15) is 11.2 Å². The number of thiophene rings is 1. The number of aryl methyl sites for hydroxylation is 2. The largest absolute Gasteiger partial charge is 0.467 e. The van der Waals surface area contributed by atoms with Crippen molar-refractivity contribution in [2.75, 3.05) is 11.9 Å². The summed E-state index contributed by atoms with van der Waals surface area (Å²) in [5, 5.41) is 3.89. The molecule has 0 spiro atoms. The summed E-state index contributed by atoms with van der Waals surface area (Å²) in [6, 6.07) is 8.02. The molecule has 0 radical (unpaired) electrons. The van der Waals surface area contributed by atoms with Gasteiger partial charge in [0.15, 0.2) is 6.61 Å². The predicted octanol–water partition coefficient (Wildman–Crippen LogP) is 5.10. The van der Waals surface area contributed by atoms with Gasteiger partial charge in [0, 0.05) is 10.6 Å². The second kappa shape index (κ2) is 8.27. The molecule has 0 fully saturated rings.